The zero-order chi connectivity index (χ0) is 23.7. The molecule has 0 amide bonds. The van der Waals surface area contributed by atoms with Gasteiger partial charge in [-0.1, -0.05) is 30.3 Å². The number of nitrogens with zero attached hydrogens (tertiary/aromatic N) is 6. The summed E-state index contributed by atoms with van der Waals surface area (Å²) < 4.78 is 14.8. The van der Waals surface area contributed by atoms with E-state index in [1.165, 1.54) is 22.9 Å². The Morgan fingerprint density at radius 3 is 2.59 bits per heavy atom. The molecule has 0 atom stereocenters. The van der Waals surface area contributed by atoms with Crippen molar-refractivity contribution in [3.8, 4) is 34.0 Å². The maximum absolute atomic E-state index is 13.6. The third-order valence-electron chi connectivity index (χ3n) is 5.15. The van der Waals surface area contributed by atoms with E-state index < -0.39 is 11.4 Å². The Morgan fingerprint density at radius 2 is 1.79 bits per heavy atom. The summed E-state index contributed by atoms with van der Waals surface area (Å²) in [6, 6.07) is 17.9. The second-order valence-corrected chi connectivity index (χ2v) is 7.39. The highest BCUT2D eigenvalue weighted by Gasteiger charge is 2.15. The number of halogens is 1. The van der Waals surface area contributed by atoms with Crippen LogP contribution >= 0.6 is 0 Å². The van der Waals surface area contributed by atoms with Gasteiger partial charge in [0, 0.05) is 5.56 Å². The van der Waals surface area contributed by atoms with Gasteiger partial charge in [-0.2, -0.15) is 10.3 Å². The molecule has 5 rings (SSSR count). The van der Waals surface area contributed by atoms with E-state index in [4.69, 9.17) is 0 Å². The number of nitrogens with one attached hydrogen (secondary N) is 2. The monoisotopic (exact) mass is 456 g/mol. The summed E-state index contributed by atoms with van der Waals surface area (Å²) in [7, 11) is 0. The van der Waals surface area contributed by atoms with E-state index in [1.807, 2.05) is 6.07 Å². The van der Waals surface area contributed by atoms with Crippen LogP contribution in [0.25, 0.3) is 28.2 Å². The Bertz CT molecular complexity index is 1570. The number of hydrogen-bond acceptors (Lipinski definition) is 7. The number of benzene rings is 3. The molecule has 2 aromatic heterocycles. The predicted molar refractivity (Wildman–Crippen MR) is 122 cm³/mol. The fourth-order valence-corrected chi connectivity index (χ4v) is 3.53. The number of para-hydroxylation sites is 1. The molecule has 0 bridgehead atoms. The summed E-state index contributed by atoms with van der Waals surface area (Å²) in [6.45, 7) is 1.68. The maximum Gasteiger partial charge on any atom is 0.299 e. The molecule has 10 nitrogen and oxygen atoms in total. The summed E-state index contributed by atoms with van der Waals surface area (Å²) in [5, 5.41) is 35.7. The van der Waals surface area contributed by atoms with E-state index in [9.17, 15) is 14.3 Å². The molecule has 3 N–H and O–H groups in total. The van der Waals surface area contributed by atoms with Crippen molar-refractivity contribution in [3.05, 3.63) is 88.6 Å². The minimum absolute atomic E-state index is 0.00236. The maximum atomic E-state index is 13.6. The van der Waals surface area contributed by atoms with Gasteiger partial charge in [0.15, 0.2) is 5.69 Å². The molecule has 2 heterocycles. The van der Waals surface area contributed by atoms with E-state index in [-0.39, 0.29) is 17.3 Å². The number of hydrogen-bond donors (Lipinski definition) is 3. The zero-order valence-corrected chi connectivity index (χ0v) is 17.8. The number of rotatable bonds is 5. The van der Waals surface area contributed by atoms with Crippen LogP contribution in [-0.4, -0.2) is 35.5 Å². The molecular formula is C23H17FN8O2. The zero-order valence-electron chi connectivity index (χ0n) is 17.8. The molecule has 0 aliphatic rings. The quantitative estimate of drug-likeness (QED) is 0.332. The van der Waals surface area contributed by atoms with E-state index >= 15 is 0 Å². The Labute approximate surface area is 191 Å². The summed E-state index contributed by atoms with van der Waals surface area (Å²) in [5.41, 5.74) is 2.63. The normalized spacial score (nSPS) is 11.4. The van der Waals surface area contributed by atoms with Gasteiger partial charge in [-0.3, -0.25) is 9.89 Å². The number of aromatic amines is 2. The van der Waals surface area contributed by atoms with E-state index in [2.05, 4.69) is 36.0 Å². The summed E-state index contributed by atoms with van der Waals surface area (Å²) in [6.07, 6.45) is 0. The molecule has 0 aliphatic carbocycles. The molecule has 0 spiro atoms. The first-order valence-corrected chi connectivity index (χ1v) is 10.2. The third-order valence-corrected chi connectivity index (χ3v) is 5.15. The molecule has 34 heavy (non-hydrogen) atoms. The van der Waals surface area contributed by atoms with Crippen LogP contribution in [0.1, 0.15) is 5.69 Å². The molecule has 168 valence electrons. The molecular weight excluding hydrogens is 439 g/mol. The van der Waals surface area contributed by atoms with Crippen molar-refractivity contribution in [1.82, 2.24) is 30.4 Å². The molecule has 11 heteroatoms. The Kier molecular flexibility index (Phi) is 5.26. The third kappa shape index (κ3) is 3.86. The molecule has 0 aliphatic heterocycles. The molecule has 0 saturated heterocycles. The van der Waals surface area contributed by atoms with Crippen molar-refractivity contribution in [2.24, 2.45) is 10.2 Å². The fraction of sp³-hybridized carbons (Fsp3) is 0.0435. The molecule has 0 saturated carbocycles. The van der Waals surface area contributed by atoms with Gasteiger partial charge in [0.2, 0.25) is 5.82 Å². The number of azo groups is 1. The number of H-pyrrole nitrogens is 2. The van der Waals surface area contributed by atoms with Gasteiger partial charge in [0.25, 0.3) is 5.56 Å². The van der Waals surface area contributed by atoms with Gasteiger partial charge in [-0.15, -0.1) is 15.3 Å². The van der Waals surface area contributed by atoms with Gasteiger partial charge < -0.3 is 5.11 Å². The second kappa shape index (κ2) is 8.54. The van der Waals surface area contributed by atoms with E-state index in [0.717, 1.165) is 0 Å². The van der Waals surface area contributed by atoms with Crippen molar-refractivity contribution < 1.29 is 9.50 Å². The van der Waals surface area contributed by atoms with Crippen LogP contribution in [0.4, 0.5) is 15.8 Å². The number of phenols is 1. The van der Waals surface area contributed by atoms with Crippen LogP contribution in [0, 0.1) is 12.7 Å². The predicted octanol–water partition coefficient (Wildman–Crippen LogP) is 4.58. The minimum Gasteiger partial charge on any atom is -0.507 e. The summed E-state index contributed by atoms with van der Waals surface area (Å²) >= 11 is 0. The summed E-state index contributed by atoms with van der Waals surface area (Å²) in [5.74, 6) is -0.187. The molecule has 0 fully saturated rings. The lowest BCUT2D eigenvalue weighted by molar-refractivity contribution is 0.479. The first-order chi connectivity index (χ1) is 16.5. The van der Waals surface area contributed by atoms with Crippen LogP contribution in [0.15, 0.2) is 81.8 Å². The molecule has 5 aromatic rings. The first-order valence-electron chi connectivity index (χ1n) is 10.2. The Hall–Kier alpha value is -4.93. The van der Waals surface area contributed by atoms with Crippen molar-refractivity contribution in [1.29, 1.82) is 0 Å². The van der Waals surface area contributed by atoms with Crippen molar-refractivity contribution in [2.45, 2.75) is 6.92 Å². The van der Waals surface area contributed by atoms with Crippen molar-refractivity contribution in [3.63, 3.8) is 0 Å². The van der Waals surface area contributed by atoms with Crippen molar-refractivity contribution in [2.75, 3.05) is 0 Å². The van der Waals surface area contributed by atoms with E-state index in [1.54, 1.807) is 49.4 Å². The van der Waals surface area contributed by atoms with Crippen LogP contribution in [0.3, 0.4) is 0 Å². The lowest BCUT2D eigenvalue weighted by atomic mass is 10.0. The number of phenolic OH excluding ortho intramolecular Hbond substituents is 1. The lowest BCUT2D eigenvalue weighted by Crippen LogP contribution is -2.14. The Morgan fingerprint density at radius 1 is 1.00 bits per heavy atom. The highest BCUT2D eigenvalue weighted by molar-refractivity contribution is 5.80. The van der Waals surface area contributed by atoms with Crippen LogP contribution in [0.2, 0.25) is 0 Å². The average molecular weight is 456 g/mol. The molecule has 0 radical (unpaired) electrons. The first kappa shape index (κ1) is 20.9. The van der Waals surface area contributed by atoms with Gasteiger partial charge in [0.05, 0.1) is 22.6 Å². The standard InChI is InChI=1S/C23H17FN8O2/c1-13-20(23(34)32(29-13)17-8-3-6-15(24)12-17)26-25-16-7-2-5-14(11-16)18-9-4-10-19(21(18)33)22-27-30-31-28-22/h2-12,29,33H,1H3,(H,27,28,30,31). The number of aromatic hydroxyl groups is 1. The second-order valence-electron chi connectivity index (χ2n) is 7.39. The fourth-order valence-electron chi connectivity index (χ4n) is 3.53. The topological polar surface area (TPSA) is 137 Å². The Balaban J connectivity index is 1.48. The highest BCUT2D eigenvalue weighted by Crippen LogP contribution is 2.37. The number of aromatic nitrogens is 6. The van der Waals surface area contributed by atoms with Gasteiger partial charge in [-0.05, 0) is 54.1 Å². The number of tetrazole rings is 1. The lowest BCUT2D eigenvalue weighted by Gasteiger charge is -2.08. The van der Waals surface area contributed by atoms with Crippen LogP contribution in [0.5, 0.6) is 5.75 Å². The smallest absolute Gasteiger partial charge is 0.299 e. The molecule has 0 unspecified atom stereocenters. The largest absolute Gasteiger partial charge is 0.507 e. The minimum atomic E-state index is -0.455. The van der Waals surface area contributed by atoms with Gasteiger partial charge in [-0.25, -0.2) is 9.07 Å². The van der Waals surface area contributed by atoms with Crippen LogP contribution < -0.4 is 5.56 Å². The SMILES string of the molecule is Cc1[nH]n(-c2cccc(F)c2)c(=O)c1N=Nc1cccc(-c2cccc(-c3nn[nH]n3)c2O)c1. The summed E-state index contributed by atoms with van der Waals surface area (Å²) in [4.78, 5) is 12.8. The number of aryl methyl sites for hydroxylation is 1. The van der Waals surface area contributed by atoms with E-state index in [0.29, 0.717) is 33.8 Å². The van der Waals surface area contributed by atoms with Crippen LogP contribution in [-0.2, 0) is 0 Å². The van der Waals surface area contributed by atoms with Gasteiger partial charge in [0.1, 0.15) is 11.6 Å². The van der Waals surface area contributed by atoms with Crippen molar-refractivity contribution >= 4 is 11.4 Å². The van der Waals surface area contributed by atoms with Gasteiger partial charge >= 0.3 is 0 Å². The average Bonchev–Trinajstić information content (AvgIpc) is 3.46. The molecule has 3 aromatic carbocycles. The highest BCUT2D eigenvalue weighted by atomic mass is 19.1.